The van der Waals surface area contributed by atoms with Crippen molar-refractivity contribution < 1.29 is 9.21 Å². The monoisotopic (exact) mass is 190 g/mol. The Morgan fingerprint density at radius 3 is 2.57 bits per heavy atom. The Kier molecular flexibility index (Phi) is 1.94. The molecule has 0 aromatic carbocycles. The predicted molar refractivity (Wildman–Crippen MR) is 46.0 cm³/mol. The quantitative estimate of drug-likeness (QED) is 0.731. The molecule has 2 rings (SSSR count). The third-order valence-electron chi connectivity index (χ3n) is 1.56. The van der Waals surface area contributed by atoms with Gasteiger partial charge in [0, 0.05) is 18.0 Å². The number of rotatable bonds is 2. The molecule has 0 spiro atoms. The van der Waals surface area contributed by atoms with Crippen molar-refractivity contribution in [1.82, 2.24) is 15.2 Å². The summed E-state index contributed by atoms with van der Waals surface area (Å²) in [6, 6.07) is 3.39. The molecule has 14 heavy (non-hydrogen) atoms. The summed E-state index contributed by atoms with van der Waals surface area (Å²) >= 11 is 0. The summed E-state index contributed by atoms with van der Waals surface area (Å²) in [6.45, 7) is 0. The lowest BCUT2D eigenvalue weighted by atomic mass is 10.3. The molecule has 2 N–H and O–H groups in total. The maximum Gasteiger partial charge on any atom is 0.306 e. The average molecular weight is 190 g/mol. The first kappa shape index (κ1) is 8.36. The molecule has 2 aromatic rings. The fourth-order valence-corrected chi connectivity index (χ4v) is 0.934. The molecule has 0 aliphatic heterocycles. The van der Waals surface area contributed by atoms with Crippen molar-refractivity contribution in [2.75, 3.05) is 0 Å². The molecule has 0 bridgehead atoms. The van der Waals surface area contributed by atoms with Crippen molar-refractivity contribution >= 4 is 5.91 Å². The number of carbonyl (C=O) groups excluding carboxylic acids is 1. The summed E-state index contributed by atoms with van der Waals surface area (Å²) in [5.74, 6) is -0.684. The van der Waals surface area contributed by atoms with Gasteiger partial charge in [-0.3, -0.25) is 9.78 Å². The molecule has 70 valence electrons. The molecule has 0 saturated carbocycles. The largest absolute Gasteiger partial charge is 0.412 e. The highest BCUT2D eigenvalue weighted by molar-refractivity contribution is 5.87. The Morgan fingerprint density at radius 2 is 2.00 bits per heavy atom. The number of hydrogen-bond acceptors (Lipinski definition) is 5. The van der Waals surface area contributed by atoms with Gasteiger partial charge in [-0.05, 0) is 12.1 Å². The van der Waals surface area contributed by atoms with E-state index in [1.54, 1.807) is 24.5 Å². The third kappa shape index (κ3) is 1.45. The molecule has 0 aliphatic carbocycles. The predicted octanol–water partition coefficient (Wildman–Crippen LogP) is 0.230. The van der Waals surface area contributed by atoms with Crippen molar-refractivity contribution in [2.24, 2.45) is 5.73 Å². The lowest BCUT2D eigenvalue weighted by Gasteiger charge is -1.90. The molecule has 0 radical (unpaired) electrons. The first-order valence-corrected chi connectivity index (χ1v) is 3.81. The van der Waals surface area contributed by atoms with Crippen LogP contribution in [-0.4, -0.2) is 21.1 Å². The van der Waals surface area contributed by atoms with Crippen LogP contribution >= 0.6 is 0 Å². The minimum atomic E-state index is -0.738. The molecule has 1 amide bonds. The second-order valence-corrected chi connectivity index (χ2v) is 2.51. The summed E-state index contributed by atoms with van der Waals surface area (Å²) in [5, 5.41) is 7.14. The molecule has 0 aliphatic rings. The van der Waals surface area contributed by atoms with Crippen LogP contribution in [0.15, 0.2) is 28.9 Å². The van der Waals surface area contributed by atoms with Crippen molar-refractivity contribution in [3.8, 4) is 11.5 Å². The third-order valence-corrected chi connectivity index (χ3v) is 1.56. The second kappa shape index (κ2) is 3.25. The Bertz CT molecular complexity index is 451. The number of primary amides is 1. The Hall–Kier alpha value is -2.24. The fourth-order valence-electron chi connectivity index (χ4n) is 0.934. The van der Waals surface area contributed by atoms with E-state index in [4.69, 9.17) is 10.2 Å². The van der Waals surface area contributed by atoms with E-state index in [1.165, 1.54) is 0 Å². The van der Waals surface area contributed by atoms with Gasteiger partial charge in [0.05, 0.1) is 0 Å². The van der Waals surface area contributed by atoms with Gasteiger partial charge in [0.15, 0.2) is 0 Å². The molecular formula is C8H6N4O2. The Balaban J connectivity index is 2.39. The van der Waals surface area contributed by atoms with Gasteiger partial charge < -0.3 is 10.2 Å². The SMILES string of the molecule is NC(=O)c1nnc(-c2ccncc2)o1. The topological polar surface area (TPSA) is 94.9 Å². The Labute approximate surface area is 78.8 Å². The lowest BCUT2D eigenvalue weighted by Crippen LogP contribution is -2.10. The van der Waals surface area contributed by atoms with Crippen LogP contribution in [0.3, 0.4) is 0 Å². The molecule has 6 nitrogen and oxygen atoms in total. The molecule has 0 fully saturated rings. The van der Waals surface area contributed by atoms with Crippen molar-refractivity contribution in [1.29, 1.82) is 0 Å². The van der Waals surface area contributed by atoms with E-state index in [0.717, 1.165) is 0 Å². The zero-order valence-corrected chi connectivity index (χ0v) is 7.04. The van der Waals surface area contributed by atoms with Crippen LogP contribution in [0.5, 0.6) is 0 Å². The number of nitrogens with two attached hydrogens (primary N) is 1. The van der Waals surface area contributed by atoms with Crippen LogP contribution in [0, 0.1) is 0 Å². The minimum Gasteiger partial charge on any atom is -0.412 e. The van der Waals surface area contributed by atoms with Gasteiger partial charge >= 0.3 is 11.8 Å². The first-order valence-electron chi connectivity index (χ1n) is 3.81. The van der Waals surface area contributed by atoms with E-state index in [-0.39, 0.29) is 11.8 Å². The van der Waals surface area contributed by atoms with E-state index in [1.807, 2.05) is 0 Å². The average Bonchev–Trinajstić information content (AvgIpc) is 2.68. The van der Waals surface area contributed by atoms with E-state index in [0.29, 0.717) is 5.56 Å². The van der Waals surface area contributed by atoms with Gasteiger partial charge in [0.1, 0.15) is 0 Å². The molecular weight excluding hydrogens is 184 g/mol. The summed E-state index contributed by atoms with van der Waals surface area (Å²) in [4.78, 5) is 14.5. The smallest absolute Gasteiger partial charge is 0.306 e. The van der Waals surface area contributed by atoms with Crippen LogP contribution < -0.4 is 5.73 Å². The molecule has 2 aromatic heterocycles. The highest BCUT2D eigenvalue weighted by atomic mass is 16.4. The van der Waals surface area contributed by atoms with E-state index in [2.05, 4.69) is 15.2 Å². The normalized spacial score (nSPS) is 10.0. The fraction of sp³-hybridized carbons (Fsp3) is 0. The summed E-state index contributed by atoms with van der Waals surface area (Å²) < 4.78 is 5.01. The lowest BCUT2D eigenvalue weighted by molar-refractivity contribution is 0.0968. The zero-order chi connectivity index (χ0) is 9.97. The standard InChI is InChI=1S/C8H6N4O2/c9-6(13)8-12-11-7(14-8)5-1-3-10-4-2-5/h1-4H,(H2,9,13). The van der Waals surface area contributed by atoms with Crippen molar-refractivity contribution in [3.05, 3.63) is 30.4 Å². The molecule has 0 atom stereocenters. The van der Waals surface area contributed by atoms with Crippen LogP contribution in [0.2, 0.25) is 0 Å². The summed E-state index contributed by atoms with van der Waals surface area (Å²) in [7, 11) is 0. The first-order chi connectivity index (χ1) is 6.77. The number of pyridine rings is 1. The zero-order valence-electron chi connectivity index (χ0n) is 7.04. The van der Waals surface area contributed by atoms with Gasteiger partial charge in [-0.25, -0.2) is 0 Å². The maximum absolute atomic E-state index is 10.7. The molecule has 0 unspecified atom stereocenters. The number of nitrogens with zero attached hydrogens (tertiary/aromatic N) is 3. The van der Waals surface area contributed by atoms with E-state index < -0.39 is 5.91 Å². The van der Waals surface area contributed by atoms with E-state index in [9.17, 15) is 4.79 Å². The van der Waals surface area contributed by atoms with Crippen LogP contribution in [-0.2, 0) is 0 Å². The van der Waals surface area contributed by atoms with Crippen LogP contribution in [0.25, 0.3) is 11.5 Å². The number of aromatic nitrogens is 3. The molecule has 0 saturated heterocycles. The highest BCUT2D eigenvalue weighted by Gasteiger charge is 2.11. The minimum absolute atomic E-state index is 0.197. The number of amides is 1. The number of hydrogen-bond donors (Lipinski definition) is 1. The van der Waals surface area contributed by atoms with Crippen molar-refractivity contribution in [3.63, 3.8) is 0 Å². The highest BCUT2D eigenvalue weighted by Crippen LogP contribution is 2.15. The van der Waals surface area contributed by atoms with Crippen LogP contribution in [0.4, 0.5) is 0 Å². The van der Waals surface area contributed by atoms with Gasteiger partial charge in [-0.2, -0.15) is 0 Å². The van der Waals surface area contributed by atoms with Gasteiger partial charge in [-0.1, -0.05) is 0 Å². The van der Waals surface area contributed by atoms with Crippen molar-refractivity contribution in [2.45, 2.75) is 0 Å². The summed E-state index contributed by atoms with van der Waals surface area (Å²) in [5.41, 5.74) is 5.65. The Morgan fingerprint density at radius 1 is 1.29 bits per heavy atom. The second-order valence-electron chi connectivity index (χ2n) is 2.51. The van der Waals surface area contributed by atoms with Gasteiger partial charge in [0.25, 0.3) is 0 Å². The maximum atomic E-state index is 10.7. The number of carbonyl (C=O) groups is 1. The summed E-state index contributed by atoms with van der Waals surface area (Å²) in [6.07, 6.45) is 3.17. The molecule has 6 heteroatoms. The van der Waals surface area contributed by atoms with E-state index >= 15 is 0 Å². The van der Waals surface area contributed by atoms with Crippen LogP contribution in [0.1, 0.15) is 10.7 Å². The van der Waals surface area contributed by atoms with Gasteiger partial charge in [0.2, 0.25) is 5.89 Å². The van der Waals surface area contributed by atoms with Gasteiger partial charge in [-0.15, -0.1) is 10.2 Å². The molecule has 2 heterocycles.